The Morgan fingerprint density at radius 1 is 1.56 bits per heavy atom. The molecule has 0 amide bonds. The van der Waals surface area contributed by atoms with Crippen molar-refractivity contribution in [3.63, 3.8) is 0 Å². The van der Waals surface area contributed by atoms with Gasteiger partial charge in [-0.15, -0.1) is 0 Å². The van der Waals surface area contributed by atoms with Gasteiger partial charge in [0.2, 0.25) is 0 Å². The standard InChI is InChI=1S/C11H17N5OS/c1-4-17-9-10(12)15-18-11(9)13-5-8-6-16(3)14-7(8)2/h6,13H,4-5H2,1-3H3,(H2,12,15). The van der Waals surface area contributed by atoms with E-state index in [9.17, 15) is 0 Å². The largest absolute Gasteiger partial charge is 0.487 e. The molecule has 0 fully saturated rings. The van der Waals surface area contributed by atoms with Crippen LogP contribution in [0.4, 0.5) is 10.8 Å². The van der Waals surface area contributed by atoms with E-state index in [1.165, 1.54) is 11.5 Å². The molecule has 2 rings (SSSR count). The van der Waals surface area contributed by atoms with Gasteiger partial charge in [-0.2, -0.15) is 9.47 Å². The van der Waals surface area contributed by atoms with Crippen LogP contribution in [0.5, 0.6) is 5.75 Å². The van der Waals surface area contributed by atoms with Gasteiger partial charge in [-0.3, -0.25) is 4.68 Å². The molecule has 0 aliphatic heterocycles. The minimum atomic E-state index is 0.437. The molecule has 0 saturated carbocycles. The summed E-state index contributed by atoms with van der Waals surface area (Å²) < 4.78 is 11.4. The predicted molar refractivity (Wildman–Crippen MR) is 73.0 cm³/mol. The summed E-state index contributed by atoms with van der Waals surface area (Å²) in [7, 11) is 1.91. The Balaban J connectivity index is 2.08. The average molecular weight is 267 g/mol. The summed E-state index contributed by atoms with van der Waals surface area (Å²) >= 11 is 1.31. The van der Waals surface area contributed by atoms with E-state index in [1.54, 1.807) is 4.68 Å². The maximum absolute atomic E-state index is 5.75. The lowest BCUT2D eigenvalue weighted by Gasteiger charge is -2.06. The zero-order valence-electron chi connectivity index (χ0n) is 10.7. The highest BCUT2D eigenvalue weighted by Gasteiger charge is 2.13. The van der Waals surface area contributed by atoms with Crippen LogP contribution in [-0.4, -0.2) is 20.8 Å². The SMILES string of the molecule is CCOc1c(N)nsc1NCc1cn(C)nc1C. The Hall–Kier alpha value is -1.76. The number of ether oxygens (including phenoxy) is 1. The summed E-state index contributed by atoms with van der Waals surface area (Å²) in [6, 6.07) is 0. The number of nitrogens with two attached hydrogens (primary N) is 1. The van der Waals surface area contributed by atoms with Crippen LogP contribution in [-0.2, 0) is 13.6 Å². The molecule has 18 heavy (non-hydrogen) atoms. The van der Waals surface area contributed by atoms with Crippen LogP contribution in [0.15, 0.2) is 6.20 Å². The molecule has 0 radical (unpaired) electrons. The topological polar surface area (TPSA) is 78.0 Å². The molecule has 0 saturated heterocycles. The third-order valence-electron chi connectivity index (χ3n) is 2.52. The van der Waals surface area contributed by atoms with Crippen LogP contribution in [0, 0.1) is 6.92 Å². The van der Waals surface area contributed by atoms with Crippen LogP contribution in [0.3, 0.4) is 0 Å². The Bertz CT molecular complexity index is 534. The van der Waals surface area contributed by atoms with Gasteiger partial charge in [0.1, 0.15) is 0 Å². The summed E-state index contributed by atoms with van der Waals surface area (Å²) in [5, 5.41) is 8.44. The van der Waals surface area contributed by atoms with Gasteiger partial charge in [0.25, 0.3) is 0 Å². The molecule has 3 N–H and O–H groups in total. The smallest absolute Gasteiger partial charge is 0.197 e. The van der Waals surface area contributed by atoms with Crippen molar-refractivity contribution in [3.05, 3.63) is 17.5 Å². The van der Waals surface area contributed by atoms with Crippen LogP contribution < -0.4 is 15.8 Å². The average Bonchev–Trinajstić information content (AvgIpc) is 2.82. The summed E-state index contributed by atoms with van der Waals surface area (Å²) in [5.41, 5.74) is 7.91. The Morgan fingerprint density at radius 2 is 2.33 bits per heavy atom. The quantitative estimate of drug-likeness (QED) is 0.863. The Morgan fingerprint density at radius 3 is 2.94 bits per heavy atom. The van der Waals surface area contributed by atoms with Gasteiger partial charge in [0.05, 0.1) is 12.3 Å². The Labute approximate surface area is 110 Å². The molecule has 6 nitrogen and oxygen atoms in total. The van der Waals surface area contributed by atoms with Gasteiger partial charge in [-0.05, 0) is 25.4 Å². The molecule has 0 atom stereocenters. The first-order chi connectivity index (χ1) is 8.61. The van der Waals surface area contributed by atoms with Crippen molar-refractivity contribution in [2.75, 3.05) is 17.7 Å². The molecular formula is C11H17N5OS. The molecule has 0 bridgehead atoms. The maximum Gasteiger partial charge on any atom is 0.197 e. The van der Waals surface area contributed by atoms with E-state index in [0.717, 1.165) is 16.3 Å². The van der Waals surface area contributed by atoms with Crippen molar-refractivity contribution >= 4 is 22.4 Å². The zero-order valence-corrected chi connectivity index (χ0v) is 11.5. The Kier molecular flexibility index (Phi) is 3.71. The monoisotopic (exact) mass is 267 g/mol. The second-order valence-electron chi connectivity index (χ2n) is 3.93. The fraction of sp³-hybridized carbons (Fsp3) is 0.455. The lowest BCUT2D eigenvalue weighted by molar-refractivity contribution is 0.344. The van der Waals surface area contributed by atoms with E-state index in [4.69, 9.17) is 10.5 Å². The zero-order chi connectivity index (χ0) is 13.1. The number of hydrogen-bond donors (Lipinski definition) is 2. The van der Waals surface area contributed by atoms with Gasteiger partial charge in [-0.25, -0.2) is 0 Å². The lowest BCUT2D eigenvalue weighted by atomic mass is 10.2. The van der Waals surface area contributed by atoms with E-state index < -0.39 is 0 Å². The minimum Gasteiger partial charge on any atom is -0.487 e. The molecule has 2 heterocycles. The first kappa shape index (κ1) is 12.7. The van der Waals surface area contributed by atoms with Gasteiger partial charge in [0.15, 0.2) is 16.6 Å². The number of hydrogen-bond acceptors (Lipinski definition) is 6. The molecule has 0 aliphatic carbocycles. The maximum atomic E-state index is 5.75. The second-order valence-corrected chi connectivity index (χ2v) is 4.70. The first-order valence-electron chi connectivity index (χ1n) is 5.72. The second kappa shape index (κ2) is 5.26. The fourth-order valence-electron chi connectivity index (χ4n) is 1.69. The van der Waals surface area contributed by atoms with Gasteiger partial charge >= 0.3 is 0 Å². The van der Waals surface area contributed by atoms with Crippen molar-refractivity contribution in [3.8, 4) is 5.75 Å². The van der Waals surface area contributed by atoms with Gasteiger partial charge in [0, 0.05) is 25.4 Å². The molecule has 2 aromatic heterocycles. The van der Waals surface area contributed by atoms with Gasteiger partial charge in [-0.1, -0.05) is 0 Å². The molecular weight excluding hydrogens is 250 g/mol. The van der Waals surface area contributed by atoms with E-state index in [0.29, 0.717) is 24.7 Å². The predicted octanol–water partition coefficient (Wildman–Crippen LogP) is 1.78. The molecule has 7 heteroatoms. The van der Waals surface area contributed by atoms with Crippen molar-refractivity contribution in [2.24, 2.45) is 7.05 Å². The van der Waals surface area contributed by atoms with Crippen LogP contribution in [0.1, 0.15) is 18.2 Å². The summed E-state index contributed by atoms with van der Waals surface area (Å²) in [6.07, 6.45) is 1.99. The first-order valence-corrected chi connectivity index (χ1v) is 6.50. The number of nitrogen functional groups attached to an aromatic ring is 1. The van der Waals surface area contributed by atoms with Crippen molar-refractivity contribution in [1.82, 2.24) is 14.2 Å². The number of nitrogens with zero attached hydrogens (tertiary/aromatic N) is 3. The van der Waals surface area contributed by atoms with E-state index >= 15 is 0 Å². The van der Waals surface area contributed by atoms with Crippen LogP contribution in [0.25, 0.3) is 0 Å². The number of aryl methyl sites for hydroxylation is 2. The molecule has 98 valence electrons. The number of rotatable bonds is 5. The third kappa shape index (κ3) is 2.56. The summed E-state index contributed by atoms with van der Waals surface area (Å²) in [4.78, 5) is 0. The minimum absolute atomic E-state index is 0.437. The van der Waals surface area contributed by atoms with Crippen LogP contribution >= 0.6 is 11.5 Å². The summed E-state index contributed by atoms with van der Waals surface area (Å²) in [6.45, 7) is 5.16. The highest BCUT2D eigenvalue weighted by atomic mass is 32.1. The highest BCUT2D eigenvalue weighted by molar-refractivity contribution is 7.11. The molecule has 0 unspecified atom stereocenters. The van der Waals surface area contributed by atoms with Gasteiger partial charge < -0.3 is 15.8 Å². The van der Waals surface area contributed by atoms with E-state index in [-0.39, 0.29) is 0 Å². The number of nitrogens with one attached hydrogen (secondary N) is 1. The summed E-state index contributed by atoms with van der Waals surface area (Å²) in [5.74, 6) is 1.08. The van der Waals surface area contributed by atoms with Crippen molar-refractivity contribution in [2.45, 2.75) is 20.4 Å². The van der Waals surface area contributed by atoms with E-state index in [2.05, 4.69) is 14.8 Å². The van der Waals surface area contributed by atoms with Crippen molar-refractivity contribution < 1.29 is 4.74 Å². The van der Waals surface area contributed by atoms with E-state index in [1.807, 2.05) is 27.1 Å². The highest BCUT2D eigenvalue weighted by Crippen LogP contribution is 2.35. The van der Waals surface area contributed by atoms with Crippen LogP contribution in [0.2, 0.25) is 0 Å². The van der Waals surface area contributed by atoms with Crippen molar-refractivity contribution in [1.29, 1.82) is 0 Å². The molecule has 0 aromatic carbocycles. The normalized spacial score (nSPS) is 10.6. The molecule has 2 aromatic rings. The third-order valence-corrected chi connectivity index (χ3v) is 3.32. The lowest BCUT2D eigenvalue weighted by Crippen LogP contribution is -2.02. The number of anilines is 2. The number of aromatic nitrogens is 3. The molecule has 0 aliphatic rings. The molecule has 0 spiro atoms. The fourth-order valence-corrected chi connectivity index (χ4v) is 2.34.